The number of carbonyl (C=O) groups excluding carboxylic acids is 1. The van der Waals surface area contributed by atoms with Gasteiger partial charge in [-0.15, -0.1) is 0 Å². The third kappa shape index (κ3) is 2.88. The molecule has 0 aromatic carbocycles. The van der Waals surface area contributed by atoms with Crippen LogP contribution in [-0.4, -0.2) is 11.9 Å². The van der Waals surface area contributed by atoms with Gasteiger partial charge in [0.2, 0.25) is 0 Å². The molecule has 2 rings (SSSR count). The first-order valence-corrected chi connectivity index (χ1v) is 6.30. The molecule has 0 aliphatic heterocycles. The van der Waals surface area contributed by atoms with Crippen molar-refractivity contribution in [3.05, 3.63) is 23.7 Å². The predicted octanol–water partition coefficient (Wildman–Crippen LogP) is 2.05. The summed E-state index contributed by atoms with van der Waals surface area (Å²) in [6.07, 6.45) is 4.99. The van der Waals surface area contributed by atoms with Crippen LogP contribution in [0.25, 0.3) is 0 Å². The van der Waals surface area contributed by atoms with Crippen LogP contribution < -0.4 is 11.1 Å². The Morgan fingerprint density at radius 1 is 1.53 bits per heavy atom. The number of nitrogens with two attached hydrogens (primary N) is 1. The fourth-order valence-corrected chi connectivity index (χ4v) is 2.46. The summed E-state index contributed by atoms with van der Waals surface area (Å²) < 4.78 is 5.32. The molecule has 1 aliphatic rings. The highest BCUT2D eigenvalue weighted by Crippen LogP contribution is 2.27. The van der Waals surface area contributed by atoms with Crippen molar-refractivity contribution in [3.63, 3.8) is 0 Å². The fourth-order valence-electron chi connectivity index (χ4n) is 2.46. The highest BCUT2D eigenvalue weighted by molar-refractivity contribution is 5.91. The van der Waals surface area contributed by atoms with Gasteiger partial charge in [-0.05, 0) is 37.8 Å². The van der Waals surface area contributed by atoms with E-state index in [4.69, 9.17) is 10.2 Å². The first kappa shape index (κ1) is 12.2. The Bertz CT molecular complexity index is 381. The van der Waals surface area contributed by atoms with Crippen LogP contribution in [0.5, 0.6) is 0 Å². The maximum absolute atomic E-state index is 11.9. The van der Waals surface area contributed by atoms with Crippen molar-refractivity contribution in [3.8, 4) is 0 Å². The second-order valence-electron chi connectivity index (χ2n) is 4.78. The van der Waals surface area contributed by atoms with Gasteiger partial charge >= 0.3 is 0 Å². The molecule has 1 saturated carbocycles. The Labute approximate surface area is 102 Å². The quantitative estimate of drug-likeness (QED) is 0.840. The number of furan rings is 1. The molecule has 0 saturated heterocycles. The second-order valence-corrected chi connectivity index (χ2v) is 4.78. The SMILES string of the molecule is CC(NC(=O)c1ccc(CN)o1)C1CCCC1. The van der Waals surface area contributed by atoms with Crippen LogP contribution in [0.3, 0.4) is 0 Å². The van der Waals surface area contributed by atoms with Gasteiger partial charge in [-0.3, -0.25) is 4.79 Å². The first-order chi connectivity index (χ1) is 8.20. The third-order valence-electron chi connectivity index (χ3n) is 3.55. The number of hydrogen-bond acceptors (Lipinski definition) is 3. The van der Waals surface area contributed by atoms with Gasteiger partial charge < -0.3 is 15.5 Å². The topological polar surface area (TPSA) is 68.3 Å². The van der Waals surface area contributed by atoms with Crippen LogP contribution >= 0.6 is 0 Å². The molecule has 4 heteroatoms. The summed E-state index contributed by atoms with van der Waals surface area (Å²) in [5.41, 5.74) is 5.44. The molecule has 4 nitrogen and oxygen atoms in total. The molecule has 94 valence electrons. The van der Waals surface area contributed by atoms with Gasteiger partial charge in [0, 0.05) is 6.04 Å². The molecule has 0 bridgehead atoms. The normalized spacial score (nSPS) is 18.2. The summed E-state index contributed by atoms with van der Waals surface area (Å²) in [5, 5.41) is 3.00. The second kappa shape index (κ2) is 5.36. The smallest absolute Gasteiger partial charge is 0.287 e. The zero-order chi connectivity index (χ0) is 12.3. The molecule has 17 heavy (non-hydrogen) atoms. The summed E-state index contributed by atoms with van der Waals surface area (Å²) in [7, 11) is 0. The Balaban J connectivity index is 1.91. The van der Waals surface area contributed by atoms with Gasteiger partial charge in [-0.2, -0.15) is 0 Å². The predicted molar refractivity (Wildman–Crippen MR) is 65.5 cm³/mol. The van der Waals surface area contributed by atoms with Crippen molar-refractivity contribution in [1.82, 2.24) is 5.32 Å². The third-order valence-corrected chi connectivity index (χ3v) is 3.55. The van der Waals surface area contributed by atoms with Gasteiger partial charge in [-0.1, -0.05) is 12.8 Å². The number of hydrogen-bond donors (Lipinski definition) is 2. The van der Waals surface area contributed by atoms with E-state index in [1.165, 1.54) is 25.7 Å². The summed E-state index contributed by atoms with van der Waals surface area (Å²) in [4.78, 5) is 11.9. The Morgan fingerprint density at radius 2 is 2.24 bits per heavy atom. The lowest BCUT2D eigenvalue weighted by Crippen LogP contribution is -2.37. The molecular formula is C13H20N2O2. The molecule has 1 heterocycles. The zero-order valence-corrected chi connectivity index (χ0v) is 10.2. The number of rotatable bonds is 4. The molecule has 0 spiro atoms. The van der Waals surface area contributed by atoms with Gasteiger partial charge in [0.05, 0.1) is 6.54 Å². The molecule has 1 unspecified atom stereocenters. The Hall–Kier alpha value is -1.29. The van der Waals surface area contributed by atoms with E-state index in [1.54, 1.807) is 12.1 Å². The minimum absolute atomic E-state index is 0.135. The van der Waals surface area contributed by atoms with Crippen LogP contribution in [0.2, 0.25) is 0 Å². The molecule has 1 atom stereocenters. The summed E-state index contributed by atoms with van der Waals surface area (Å²) >= 11 is 0. The van der Waals surface area contributed by atoms with Gasteiger partial charge in [-0.25, -0.2) is 0 Å². The van der Waals surface area contributed by atoms with Crippen LogP contribution in [0, 0.1) is 5.92 Å². The molecule has 1 fully saturated rings. The van der Waals surface area contributed by atoms with Crippen LogP contribution in [0.1, 0.15) is 48.9 Å². The van der Waals surface area contributed by atoms with Crippen molar-refractivity contribution in [2.24, 2.45) is 11.7 Å². The van der Waals surface area contributed by atoms with E-state index in [9.17, 15) is 4.79 Å². The molecular weight excluding hydrogens is 216 g/mol. The lowest BCUT2D eigenvalue weighted by Gasteiger charge is -2.19. The summed E-state index contributed by atoms with van der Waals surface area (Å²) in [5.74, 6) is 1.48. The van der Waals surface area contributed by atoms with Crippen LogP contribution in [0.15, 0.2) is 16.5 Å². The zero-order valence-electron chi connectivity index (χ0n) is 10.2. The van der Waals surface area contributed by atoms with E-state index in [0.717, 1.165) is 0 Å². The van der Waals surface area contributed by atoms with Crippen molar-refractivity contribution in [2.45, 2.75) is 45.2 Å². The molecule has 1 aromatic rings. The van der Waals surface area contributed by atoms with E-state index < -0.39 is 0 Å². The summed E-state index contributed by atoms with van der Waals surface area (Å²) in [6.45, 7) is 2.39. The molecule has 1 aliphatic carbocycles. The van der Waals surface area contributed by atoms with Crippen LogP contribution in [-0.2, 0) is 6.54 Å². The van der Waals surface area contributed by atoms with Gasteiger partial charge in [0.1, 0.15) is 5.76 Å². The maximum Gasteiger partial charge on any atom is 0.287 e. The maximum atomic E-state index is 11.9. The van der Waals surface area contributed by atoms with E-state index in [0.29, 0.717) is 24.0 Å². The van der Waals surface area contributed by atoms with Crippen molar-refractivity contribution in [2.75, 3.05) is 0 Å². The Kier molecular flexibility index (Phi) is 3.84. The van der Waals surface area contributed by atoms with Gasteiger partial charge in [0.25, 0.3) is 5.91 Å². The minimum atomic E-state index is -0.135. The number of amides is 1. The van der Waals surface area contributed by atoms with E-state index >= 15 is 0 Å². The molecule has 1 aromatic heterocycles. The number of nitrogens with one attached hydrogen (secondary N) is 1. The van der Waals surface area contributed by atoms with E-state index in [1.807, 2.05) is 0 Å². The highest BCUT2D eigenvalue weighted by atomic mass is 16.4. The molecule has 3 N–H and O–H groups in total. The van der Waals surface area contributed by atoms with E-state index in [2.05, 4.69) is 12.2 Å². The molecule has 0 radical (unpaired) electrons. The highest BCUT2D eigenvalue weighted by Gasteiger charge is 2.23. The Morgan fingerprint density at radius 3 is 2.82 bits per heavy atom. The van der Waals surface area contributed by atoms with E-state index in [-0.39, 0.29) is 11.9 Å². The average Bonchev–Trinajstić information content (AvgIpc) is 3.00. The van der Waals surface area contributed by atoms with Crippen molar-refractivity contribution in [1.29, 1.82) is 0 Å². The minimum Gasteiger partial charge on any atom is -0.455 e. The van der Waals surface area contributed by atoms with Crippen molar-refractivity contribution >= 4 is 5.91 Å². The van der Waals surface area contributed by atoms with Crippen LogP contribution in [0.4, 0.5) is 0 Å². The monoisotopic (exact) mass is 236 g/mol. The number of carbonyl (C=O) groups is 1. The van der Waals surface area contributed by atoms with Gasteiger partial charge in [0.15, 0.2) is 5.76 Å². The summed E-state index contributed by atoms with van der Waals surface area (Å²) in [6, 6.07) is 3.64. The lowest BCUT2D eigenvalue weighted by molar-refractivity contribution is 0.0897. The largest absolute Gasteiger partial charge is 0.455 e. The van der Waals surface area contributed by atoms with Crippen molar-refractivity contribution < 1.29 is 9.21 Å². The average molecular weight is 236 g/mol. The fraction of sp³-hybridized carbons (Fsp3) is 0.615. The standard InChI is InChI=1S/C13H20N2O2/c1-9(10-4-2-3-5-10)15-13(16)12-7-6-11(8-14)17-12/h6-7,9-10H,2-5,8,14H2,1H3,(H,15,16). The lowest BCUT2D eigenvalue weighted by atomic mass is 10.00. The first-order valence-electron chi connectivity index (χ1n) is 6.30. The molecule has 1 amide bonds.